The quantitative estimate of drug-likeness (QED) is 0.807. The minimum absolute atomic E-state index is 0.219. The van der Waals surface area contributed by atoms with Gasteiger partial charge in [-0.2, -0.15) is 0 Å². The number of hydrogen-bond acceptors (Lipinski definition) is 4. The molecule has 2 aliphatic rings. The molecule has 0 aliphatic carbocycles. The number of amides is 3. The number of rotatable bonds is 3. The summed E-state index contributed by atoms with van der Waals surface area (Å²) in [6.07, 6.45) is 0.537. The van der Waals surface area contributed by atoms with Crippen molar-refractivity contribution in [2.24, 2.45) is 0 Å². The number of anilines is 1. The van der Waals surface area contributed by atoms with Gasteiger partial charge < -0.3 is 14.4 Å². The number of carbonyl (C=O) groups excluding carboxylic acids is 2. The molecular weight excluding hydrogens is 320 g/mol. The van der Waals surface area contributed by atoms with Crippen LogP contribution in [0.3, 0.4) is 0 Å². The molecule has 4 rings (SSSR count). The topological polar surface area (TPSA) is 59.1 Å². The molecular formula is C19H18N2O4. The van der Waals surface area contributed by atoms with Gasteiger partial charge in [-0.15, -0.1) is 0 Å². The van der Waals surface area contributed by atoms with Crippen molar-refractivity contribution in [2.45, 2.75) is 19.0 Å². The standard InChI is InChI=1S/C19H18N2O4/c1-24-14-7-8-15(17(10-14)25-2)21-18(22)16-9-12-5-3-4-6-13(12)11-20(16)19(21)23/h3-8,10,16H,9,11H2,1-2H3/t16-/m1/s1. The smallest absolute Gasteiger partial charge is 0.332 e. The number of carbonyl (C=O) groups is 2. The van der Waals surface area contributed by atoms with Gasteiger partial charge in [0.05, 0.1) is 19.9 Å². The maximum Gasteiger partial charge on any atom is 0.332 e. The molecule has 0 bridgehead atoms. The van der Waals surface area contributed by atoms with Gasteiger partial charge in [0, 0.05) is 19.0 Å². The van der Waals surface area contributed by atoms with E-state index in [1.54, 1.807) is 30.2 Å². The van der Waals surface area contributed by atoms with Gasteiger partial charge in [-0.05, 0) is 23.3 Å². The lowest BCUT2D eigenvalue weighted by Gasteiger charge is -2.28. The molecule has 128 valence electrons. The molecule has 6 heteroatoms. The molecule has 3 amide bonds. The third-order valence-corrected chi connectivity index (χ3v) is 4.82. The molecule has 0 radical (unpaired) electrons. The zero-order valence-corrected chi connectivity index (χ0v) is 14.1. The molecule has 6 nitrogen and oxygen atoms in total. The summed E-state index contributed by atoms with van der Waals surface area (Å²) in [5, 5.41) is 0. The highest BCUT2D eigenvalue weighted by Gasteiger charge is 2.48. The minimum atomic E-state index is -0.464. The number of imide groups is 1. The molecule has 2 aromatic carbocycles. The van der Waals surface area contributed by atoms with Crippen molar-refractivity contribution in [1.29, 1.82) is 0 Å². The van der Waals surface area contributed by atoms with Crippen LogP contribution < -0.4 is 14.4 Å². The average Bonchev–Trinajstić information content (AvgIpc) is 2.89. The second-order valence-corrected chi connectivity index (χ2v) is 6.11. The van der Waals surface area contributed by atoms with Crippen molar-refractivity contribution in [3.8, 4) is 11.5 Å². The lowest BCUT2D eigenvalue weighted by Crippen LogP contribution is -2.39. The fourth-order valence-electron chi connectivity index (χ4n) is 3.51. The van der Waals surface area contributed by atoms with E-state index in [9.17, 15) is 9.59 Å². The third kappa shape index (κ3) is 2.33. The van der Waals surface area contributed by atoms with Gasteiger partial charge in [0.2, 0.25) is 0 Å². The number of hydrogen-bond donors (Lipinski definition) is 0. The SMILES string of the molecule is COc1ccc(N2C(=O)[C@H]3Cc4ccccc4CN3C2=O)c(OC)c1. The summed E-state index contributed by atoms with van der Waals surface area (Å²) in [6.45, 7) is 0.445. The van der Waals surface area contributed by atoms with Crippen LogP contribution in [0.2, 0.25) is 0 Å². The van der Waals surface area contributed by atoms with Crippen LogP contribution in [0.25, 0.3) is 0 Å². The van der Waals surface area contributed by atoms with E-state index < -0.39 is 6.04 Å². The first kappa shape index (κ1) is 15.5. The lowest BCUT2D eigenvalue weighted by molar-refractivity contribution is -0.120. The Morgan fingerprint density at radius 3 is 2.48 bits per heavy atom. The van der Waals surface area contributed by atoms with Gasteiger partial charge in [0.15, 0.2) is 0 Å². The molecule has 0 unspecified atom stereocenters. The summed E-state index contributed by atoms with van der Waals surface area (Å²) in [6, 6.07) is 12.2. The predicted molar refractivity (Wildman–Crippen MR) is 91.9 cm³/mol. The Labute approximate surface area is 145 Å². The van der Waals surface area contributed by atoms with Crippen molar-refractivity contribution in [1.82, 2.24) is 4.90 Å². The van der Waals surface area contributed by atoms with E-state index in [4.69, 9.17) is 9.47 Å². The Kier molecular flexibility index (Phi) is 3.60. The molecule has 25 heavy (non-hydrogen) atoms. The number of benzene rings is 2. The van der Waals surface area contributed by atoms with Crippen LogP contribution in [-0.4, -0.2) is 37.1 Å². The van der Waals surface area contributed by atoms with E-state index in [0.717, 1.165) is 11.1 Å². The van der Waals surface area contributed by atoms with Crippen molar-refractivity contribution in [3.63, 3.8) is 0 Å². The molecule has 1 fully saturated rings. The first-order valence-electron chi connectivity index (χ1n) is 8.07. The number of ether oxygens (including phenoxy) is 2. The molecule has 0 aromatic heterocycles. The first-order valence-corrected chi connectivity index (χ1v) is 8.07. The Balaban J connectivity index is 1.72. The highest BCUT2D eigenvalue weighted by atomic mass is 16.5. The zero-order valence-electron chi connectivity index (χ0n) is 14.1. The maximum atomic E-state index is 13.0. The van der Waals surface area contributed by atoms with Crippen LogP contribution in [0.1, 0.15) is 11.1 Å². The van der Waals surface area contributed by atoms with Crippen molar-refractivity contribution in [3.05, 3.63) is 53.6 Å². The molecule has 0 saturated carbocycles. The van der Waals surface area contributed by atoms with Crippen LogP contribution in [-0.2, 0) is 17.8 Å². The van der Waals surface area contributed by atoms with Crippen LogP contribution >= 0.6 is 0 Å². The Morgan fingerprint density at radius 1 is 1.00 bits per heavy atom. The minimum Gasteiger partial charge on any atom is -0.497 e. The number of urea groups is 1. The van der Waals surface area contributed by atoms with Gasteiger partial charge in [0.1, 0.15) is 17.5 Å². The molecule has 0 spiro atoms. The van der Waals surface area contributed by atoms with Crippen molar-refractivity contribution >= 4 is 17.6 Å². The van der Waals surface area contributed by atoms with Crippen LogP contribution in [0.15, 0.2) is 42.5 Å². The number of fused-ring (bicyclic) bond motifs is 2. The lowest BCUT2D eigenvalue weighted by atomic mass is 9.95. The number of nitrogens with zero attached hydrogens (tertiary/aromatic N) is 2. The molecule has 0 N–H and O–H groups in total. The highest BCUT2D eigenvalue weighted by Crippen LogP contribution is 2.38. The third-order valence-electron chi connectivity index (χ3n) is 4.82. The molecule has 2 heterocycles. The van der Waals surface area contributed by atoms with Crippen LogP contribution in [0.4, 0.5) is 10.5 Å². The van der Waals surface area contributed by atoms with Crippen LogP contribution in [0, 0.1) is 0 Å². The fraction of sp³-hybridized carbons (Fsp3) is 0.263. The summed E-state index contributed by atoms with van der Waals surface area (Å²) in [7, 11) is 3.06. The molecule has 2 aliphatic heterocycles. The predicted octanol–water partition coefficient (Wildman–Crippen LogP) is 2.60. The maximum absolute atomic E-state index is 13.0. The molecule has 2 aromatic rings. The van der Waals surface area contributed by atoms with Crippen molar-refractivity contribution < 1.29 is 19.1 Å². The van der Waals surface area contributed by atoms with Gasteiger partial charge in [-0.1, -0.05) is 24.3 Å². The Bertz CT molecular complexity index is 821. The summed E-state index contributed by atoms with van der Waals surface area (Å²) in [4.78, 5) is 28.7. The van der Waals surface area contributed by atoms with Gasteiger partial charge in [-0.3, -0.25) is 4.79 Å². The van der Waals surface area contributed by atoms with E-state index in [1.807, 2.05) is 24.3 Å². The highest BCUT2D eigenvalue weighted by molar-refractivity contribution is 6.22. The monoisotopic (exact) mass is 338 g/mol. The van der Waals surface area contributed by atoms with Crippen LogP contribution in [0.5, 0.6) is 11.5 Å². The largest absolute Gasteiger partial charge is 0.497 e. The number of methoxy groups -OCH3 is 2. The van der Waals surface area contributed by atoms with Gasteiger partial charge >= 0.3 is 6.03 Å². The van der Waals surface area contributed by atoms with Gasteiger partial charge in [-0.25, -0.2) is 9.69 Å². The normalized spacial score (nSPS) is 18.9. The molecule has 1 saturated heterocycles. The second-order valence-electron chi connectivity index (χ2n) is 6.11. The van der Waals surface area contributed by atoms with E-state index >= 15 is 0 Å². The Hall–Kier alpha value is -3.02. The summed E-state index contributed by atoms with van der Waals surface area (Å²) >= 11 is 0. The zero-order chi connectivity index (χ0) is 17.6. The second kappa shape index (κ2) is 5.81. The van der Waals surface area contributed by atoms with E-state index in [-0.39, 0.29) is 11.9 Å². The van der Waals surface area contributed by atoms with Crippen molar-refractivity contribution in [2.75, 3.05) is 19.1 Å². The van der Waals surface area contributed by atoms with E-state index in [1.165, 1.54) is 12.0 Å². The summed E-state index contributed by atoms with van der Waals surface area (Å²) < 4.78 is 10.6. The average molecular weight is 338 g/mol. The Morgan fingerprint density at radius 2 is 1.76 bits per heavy atom. The van der Waals surface area contributed by atoms with E-state index in [0.29, 0.717) is 30.2 Å². The molecule has 1 atom stereocenters. The van der Waals surface area contributed by atoms with E-state index in [2.05, 4.69) is 0 Å². The van der Waals surface area contributed by atoms with Gasteiger partial charge in [0.25, 0.3) is 5.91 Å². The first-order chi connectivity index (χ1) is 12.1. The summed E-state index contributed by atoms with van der Waals surface area (Å²) in [5.41, 5.74) is 2.65. The summed E-state index contributed by atoms with van der Waals surface area (Å²) in [5.74, 6) is 0.811. The fourth-order valence-corrected chi connectivity index (χ4v) is 3.51.